The summed E-state index contributed by atoms with van der Waals surface area (Å²) in [7, 11) is 1.27. The van der Waals surface area contributed by atoms with Crippen molar-refractivity contribution in [3.05, 3.63) is 43.8 Å². The zero-order chi connectivity index (χ0) is 18.8. The van der Waals surface area contributed by atoms with Crippen LogP contribution >= 0.6 is 23.1 Å². The molecule has 0 aliphatic heterocycles. The molecule has 0 saturated heterocycles. The molecule has 0 spiro atoms. The lowest BCUT2D eigenvalue weighted by Gasteiger charge is -2.06. The van der Waals surface area contributed by atoms with Crippen LogP contribution in [0.4, 0.5) is 0 Å². The first-order valence-electron chi connectivity index (χ1n) is 7.96. The number of aromatic nitrogens is 4. The number of hydrogen-bond donors (Lipinski definition) is 1. The number of aromatic amines is 1. The number of fused-ring (bicyclic) bond motifs is 1. The molecular weight excluding hydrogens is 372 g/mol. The Kier molecular flexibility index (Phi) is 5.38. The fourth-order valence-corrected chi connectivity index (χ4v) is 4.07. The Morgan fingerprint density at radius 3 is 2.77 bits per heavy atom. The van der Waals surface area contributed by atoms with E-state index in [1.807, 2.05) is 5.38 Å². The predicted octanol–water partition coefficient (Wildman–Crippen LogP) is 3.29. The third-order valence-corrected chi connectivity index (χ3v) is 5.71. The maximum absolute atomic E-state index is 12.5. The molecule has 0 fully saturated rings. The Bertz CT molecular complexity index is 1030. The highest BCUT2D eigenvalue weighted by Crippen LogP contribution is 2.24. The highest BCUT2D eigenvalue weighted by molar-refractivity contribution is 7.98. The molecule has 0 aliphatic rings. The Labute approximate surface area is 158 Å². The number of thiazole rings is 1. The summed E-state index contributed by atoms with van der Waals surface area (Å²) in [5, 5.41) is 3.68. The van der Waals surface area contributed by atoms with Gasteiger partial charge in [-0.3, -0.25) is 4.79 Å². The summed E-state index contributed by atoms with van der Waals surface area (Å²) in [6.45, 7) is 5.94. The van der Waals surface area contributed by atoms with E-state index in [1.165, 1.54) is 24.9 Å². The molecule has 9 heteroatoms. The summed E-state index contributed by atoms with van der Waals surface area (Å²) in [6.07, 6.45) is 0. The van der Waals surface area contributed by atoms with Crippen LogP contribution in [0.1, 0.15) is 46.5 Å². The number of nitrogens with zero attached hydrogens (tertiary/aromatic N) is 3. The van der Waals surface area contributed by atoms with Gasteiger partial charge in [-0.1, -0.05) is 25.6 Å². The first-order chi connectivity index (χ1) is 12.4. The normalized spacial score (nSPS) is 11.3. The number of hydrogen-bond acceptors (Lipinski definition) is 8. The summed E-state index contributed by atoms with van der Waals surface area (Å²) in [5.74, 6) is 0.394. The number of rotatable bonds is 5. The highest BCUT2D eigenvalue weighted by Gasteiger charge is 2.17. The largest absolute Gasteiger partial charge is 0.465 e. The first kappa shape index (κ1) is 18.5. The van der Waals surface area contributed by atoms with Crippen LogP contribution < -0.4 is 5.56 Å². The highest BCUT2D eigenvalue weighted by atomic mass is 32.2. The third-order valence-electron chi connectivity index (χ3n) is 3.61. The van der Waals surface area contributed by atoms with E-state index >= 15 is 0 Å². The van der Waals surface area contributed by atoms with Gasteiger partial charge in [-0.25, -0.2) is 19.7 Å². The van der Waals surface area contributed by atoms with Crippen molar-refractivity contribution in [2.24, 2.45) is 0 Å². The standard InChI is InChI=1S/C17H18N4O3S2/c1-8(2)15-19-10(6-25-15)7-26-17-20-13-12(14(22)21-17)11(16(23)24-4)5-9(3)18-13/h5-6,8H,7H2,1-4H3,(H,18,20,21,22). The molecule has 0 bridgehead atoms. The molecule has 0 saturated carbocycles. The van der Waals surface area contributed by atoms with Crippen molar-refractivity contribution in [2.75, 3.05) is 7.11 Å². The van der Waals surface area contributed by atoms with Crippen LogP contribution in [0.5, 0.6) is 0 Å². The maximum Gasteiger partial charge on any atom is 0.338 e. The van der Waals surface area contributed by atoms with Crippen molar-refractivity contribution in [1.29, 1.82) is 0 Å². The minimum Gasteiger partial charge on any atom is -0.465 e. The van der Waals surface area contributed by atoms with Gasteiger partial charge in [-0.05, 0) is 13.0 Å². The number of nitrogens with one attached hydrogen (secondary N) is 1. The molecule has 1 N–H and O–H groups in total. The van der Waals surface area contributed by atoms with Crippen molar-refractivity contribution < 1.29 is 9.53 Å². The molecule has 0 unspecified atom stereocenters. The minimum atomic E-state index is -0.586. The number of thioether (sulfide) groups is 1. The molecule has 0 radical (unpaired) electrons. The molecule has 0 amide bonds. The summed E-state index contributed by atoms with van der Waals surface area (Å²) >= 11 is 3.00. The number of carbonyl (C=O) groups excluding carboxylic acids is 1. The van der Waals surface area contributed by atoms with Gasteiger partial charge < -0.3 is 9.72 Å². The smallest absolute Gasteiger partial charge is 0.338 e. The molecule has 0 aromatic carbocycles. The Morgan fingerprint density at radius 1 is 1.35 bits per heavy atom. The first-order valence-corrected chi connectivity index (χ1v) is 9.82. The van der Waals surface area contributed by atoms with Gasteiger partial charge in [0.05, 0.1) is 28.8 Å². The second kappa shape index (κ2) is 7.55. The molecule has 3 aromatic rings. The Hall–Kier alpha value is -2.26. The molecule has 7 nitrogen and oxygen atoms in total. The van der Waals surface area contributed by atoms with Gasteiger partial charge in [0.25, 0.3) is 5.56 Å². The maximum atomic E-state index is 12.5. The van der Waals surface area contributed by atoms with Gasteiger partial charge in [0.1, 0.15) is 0 Å². The SMILES string of the molecule is COC(=O)c1cc(C)nc2nc(SCc3csc(C(C)C)n3)[nH]c(=O)c12. The van der Waals surface area contributed by atoms with Gasteiger partial charge >= 0.3 is 5.97 Å². The minimum absolute atomic E-state index is 0.141. The van der Waals surface area contributed by atoms with Crippen LogP contribution in [0.2, 0.25) is 0 Å². The Balaban J connectivity index is 1.93. The number of aryl methyl sites for hydroxylation is 1. The number of methoxy groups -OCH3 is 1. The van der Waals surface area contributed by atoms with Crippen molar-refractivity contribution in [1.82, 2.24) is 19.9 Å². The fourth-order valence-electron chi connectivity index (χ4n) is 2.38. The second-order valence-electron chi connectivity index (χ2n) is 5.99. The average Bonchev–Trinajstić information content (AvgIpc) is 3.07. The lowest BCUT2D eigenvalue weighted by molar-refractivity contribution is 0.0602. The lowest BCUT2D eigenvalue weighted by atomic mass is 10.1. The number of ether oxygens (including phenoxy) is 1. The second-order valence-corrected chi connectivity index (χ2v) is 7.85. The molecule has 0 atom stereocenters. The lowest BCUT2D eigenvalue weighted by Crippen LogP contribution is -2.16. The summed E-state index contributed by atoms with van der Waals surface area (Å²) < 4.78 is 4.75. The van der Waals surface area contributed by atoms with Crippen molar-refractivity contribution in [3.8, 4) is 0 Å². The molecule has 3 rings (SSSR count). The van der Waals surface area contributed by atoms with E-state index in [0.717, 1.165) is 10.7 Å². The van der Waals surface area contributed by atoms with Crippen LogP contribution in [0.25, 0.3) is 11.0 Å². The van der Waals surface area contributed by atoms with E-state index < -0.39 is 11.5 Å². The van der Waals surface area contributed by atoms with E-state index in [-0.39, 0.29) is 16.6 Å². The van der Waals surface area contributed by atoms with Gasteiger partial charge in [-0.15, -0.1) is 11.3 Å². The quantitative estimate of drug-likeness (QED) is 0.405. The zero-order valence-electron chi connectivity index (χ0n) is 14.8. The van der Waals surface area contributed by atoms with E-state index in [4.69, 9.17) is 4.74 Å². The van der Waals surface area contributed by atoms with Crippen molar-refractivity contribution in [3.63, 3.8) is 0 Å². The van der Waals surface area contributed by atoms with Gasteiger partial charge in [0, 0.05) is 22.7 Å². The number of pyridine rings is 1. The van der Waals surface area contributed by atoms with Crippen LogP contribution in [-0.2, 0) is 10.5 Å². The van der Waals surface area contributed by atoms with E-state index in [2.05, 4.69) is 33.8 Å². The van der Waals surface area contributed by atoms with E-state index in [9.17, 15) is 9.59 Å². The molecule has 3 aromatic heterocycles. The van der Waals surface area contributed by atoms with Crippen molar-refractivity contribution in [2.45, 2.75) is 37.6 Å². The van der Waals surface area contributed by atoms with Crippen LogP contribution in [-0.4, -0.2) is 33.0 Å². The molecule has 0 aliphatic carbocycles. The summed E-state index contributed by atoms with van der Waals surface area (Å²) in [4.78, 5) is 40.4. The average molecular weight is 390 g/mol. The number of esters is 1. The monoisotopic (exact) mass is 390 g/mol. The summed E-state index contributed by atoms with van der Waals surface area (Å²) in [5.41, 5.74) is 1.53. The van der Waals surface area contributed by atoms with E-state index in [0.29, 0.717) is 22.5 Å². The van der Waals surface area contributed by atoms with Crippen LogP contribution in [0, 0.1) is 6.92 Å². The molecule has 3 heterocycles. The summed E-state index contributed by atoms with van der Waals surface area (Å²) in [6, 6.07) is 1.53. The zero-order valence-corrected chi connectivity index (χ0v) is 16.5. The molecular formula is C17H18N4O3S2. The topological polar surface area (TPSA) is 97.8 Å². The third kappa shape index (κ3) is 3.78. The van der Waals surface area contributed by atoms with Crippen LogP contribution in [0.3, 0.4) is 0 Å². The predicted molar refractivity (Wildman–Crippen MR) is 102 cm³/mol. The molecule has 136 valence electrons. The van der Waals surface area contributed by atoms with Gasteiger partial charge in [-0.2, -0.15) is 0 Å². The van der Waals surface area contributed by atoms with E-state index in [1.54, 1.807) is 18.3 Å². The molecule has 26 heavy (non-hydrogen) atoms. The number of carbonyl (C=O) groups is 1. The fraction of sp³-hybridized carbons (Fsp3) is 0.353. The van der Waals surface area contributed by atoms with Gasteiger partial charge in [0.15, 0.2) is 10.8 Å². The Morgan fingerprint density at radius 2 is 2.12 bits per heavy atom. The van der Waals surface area contributed by atoms with Crippen molar-refractivity contribution >= 4 is 40.1 Å². The van der Waals surface area contributed by atoms with Gasteiger partial charge in [0.2, 0.25) is 0 Å². The number of H-pyrrole nitrogens is 1. The van der Waals surface area contributed by atoms with Crippen LogP contribution in [0.15, 0.2) is 21.4 Å².